The smallest absolute Gasteiger partial charge is 0.0847 e. The lowest BCUT2D eigenvalue weighted by atomic mass is 9.79. The highest BCUT2D eigenvalue weighted by molar-refractivity contribution is 7.10. The molecule has 2 aliphatic rings. The van der Waals surface area contributed by atoms with Crippen molar-refractivity contribution in [3.63, 3.8) is 0 Å². The zero-order chi connectivity index (χ0) is 15.7. The SMILES string of the molecule is CO[C@@]12CC[C@H](O)C[C@@H]1N(Cc1cc(CN(C)C)cs1)CC2. The van der Waals surface area contributed by atoms with Crippen LogP contribution in [0.5, 0.6) is 0 Å². The first-order valence-corrected chi connectivity index (χ1v) is 9.09. The van der Waals surface area contributed by atoms with E-state index >= 15 is 0 Å². The average molecular weight is 324 g/mol. The van der Waals surface area contributed by atoms with Gasteiger partial charge in [-0.2, -0.15) is 0 Å². The summed E-state index contributed by atoms with van der Waals surface area (Å²) in [5, 5.41) is 12.3. The second kappa shape index (κ2) is 6.57. The zero-order valence-corrected chi connectivity index (χ0v) is 14.7. The van der Waals surface area contributed by atoms with Crippen molar-refractivity contribution in [1.29, 1.82) is 0 Å². The van der Waals surface area contributed by atoms with Crippen LogP contribution in [0.1, 0.15) is 36.1 Å². The van der Waals surface area contributed by atoms with E-state index in [-0.39, 0.29) is 11.7 Å². The Morgan fingerprint density at radius 3 is 3.00 bits per heavy atom. The highest BCUT2D eigenvalue weighted by Crippen LogP contribution is 2.43. The first kappa shape index (κ1) is 16.4. The van der Waals surface area contributed by atoms with Gasteiger partial charge in [0.2, 0.25) is 0 Å². The van der Waals surface area contributed by atoms with E-state index in [2.05, 4.69) is 35.3 Å². The van der Waals surface area contributed by atoms with Gasteiger partial charge in [0.15, 0.2) is 0 Å². The van der Waals surface area contributed by atoms with Crippen molar-refractivity contribution in [2.24, 2.45) is 0 Å². The molecule has 2 fully saturated rings. The number of ether oxygens (including phenoxy) is 1. The molecule has 1 aromatic rings. The molecule has 1 saturated carbocycles. The Kier molecular flexibility index (Phi) is 4.90. The highest BCUT2D eigenvalue weighted by atomic mass is 32.1. The molecule has 22 heavy (non-hydrogen) atoms. The van der Waals surface area contributed by atoms with Crippen molar-refractivity contribution in [2.45, 2.75) is 56.5 Å². The molecule has 1 saturated heterocycles. The molecule has 0 unspecified atom stereocenters. The van der Waals surface area contributed by atoms with Gasteiger partial charge in [-0.3, -0.25) is 4.90 Å². The summed E-state index contributed by atoms with van der Waals surface area (Å²) >= 11 is 1.85. The van der Waals surface area contributed by atoms with Gasteiger partial charge in [-0.15, -0.1) is 11.3 Å². The van der Waals surface area contributed by atoms with Gasteiger partial charge in [-0.25, -0.2) is 0 Å². The molecule has 0 spiro atoms. The molecule has 1 N–H and O–H groups in total. The summed E-state index contributed by atoms with van der Waals surface area (Å²) in [6.45, 7) is 3.06. The minimum absolute atomic E-state index is 0.0248. The summed E-state index contributed by atoms with van der Waals surface area (Å²) in [5.41, 5.74) is 1.37. The predicted molar refractivity (Wildman–Crippen MR) is 90.1 cm³/mol. The maximum absolute atomic E-state index is 10.1. The van der Waals surface area contributed by atoms with Crippen molar-refractivity contribution in [1.82, 2.24) is 9.80 Å². The van der Waals surface area contributed by atoms with E-state index < -0.39 is 0 Å². The predicted octanol–water partition coefficient (Wildman–Crippen LogP) is 2.31. The van der Waals surface area contributed by atoms with Crippen LogP contribution >= 0.6 is 11.3 Å². The number of methoxy groups -OCH3 is 1. The Bertz CT molecular complexity index is 505. The van der Waals surface area contributed by atoms with Crippen LogP contribution in [0.15, 0.2) is 11.4 Å². The van der Waals surface area contributed by atoms with Crippen molar-refractivity contribution < 1.29 is 9.84 Å². The molecule has 0 amide bonds. The van der Waals surface area contributed by atoms with Crippen LogP contribution in [-0.4, -0.2) is 60.4 Å². The van der Waals surface area contributed by atoms with Gasteiger partial charge in [0.1, 0.15) is 0 Å². The van der Waals surface area contributed by atoms with Gasteiger partial charge >= 0.3 is 0 Å². The Balaban J connectivity index is 1.68. The third-order valence-electron chi connectivity index (χ3n) is 5.24. The molecule has 0 radical (unpaired) electrons. The van der Waals surface area contributed by atoms with Crippen molar-refractivity contribution >= 4 is 11.3 Å². The molecule has 4 nitrogen and oxygen atoms in total. The van der Waals surface area contributed by atoms with E-state index in [1.54, 1.807) is 0 Å². The minimum Gasteiger partial charge on any atom is -0.393 e. The van der Waals surface area contributed by atoms with Gasteiger partial charge in [0, 0.05) is 37.7 Å². The Hall–Kier alpha value is -0.460. The molecular weight excluding hydrogens is 296 g/mol. The van der Waals surface area contributed by atoms with Gasteiger partial charge < -0.3 is 14.7 Å². The summed E-state index contributed by atoms with van der Waals surface area (Å²) < 4.78 is 5.92. The number of rotatable bonds is 5. The molecule has 1 aromatic heterocycles. The van der Waals surface area contributed by atoms with Crippen LogP contribution in [0.3, 0.4) is 0 Å². The standard InChI is InChI=1S/C17H28N2O2S/c1-18(2)10-13-8-15(22-12-13)11-19-7-6-17(21-3)5-4-14(20)9-16(17)19/h8,12,14,16,20H,4-7,9-11H2,1-3H3/t14-,16-,17+/m0/s1. The number of aliphatic hydroxyl groups is 1. The van der Waals surface area contributed by atoms with Crippen molar-refractivity contribution in [3.05, 3.63) is 21.9 Å². The van der Waals surface area contributed by atoms with Gasteiger partial charge in [-0.05, 0) is 56.8 Å². The van der Waals surface area contributed by atoms with Crippen LogP contribution in [0.4, 0.5) is 0 Å². The normalized spacial score (nSPS) is 32.6. The number of thiophene rings is 1. The largest absolute Gasteiger partial charge is 0.393 e. The molecule has 0 bridgehead atoms. The van der Waals surface area contributed by atoms with E-state index in [0.29, 0.717) is 6.04 Å². The van der Waals surface area contributed by atoms with Crippen LogP contribution in [-0.2, 0) is 17.8 Å². The molecule has 3 rings (SSSR count). The maximum Gasteiger partial charge on any atom is 0.0847 e. The van der Waals surface area contributed by atoms with Crippen molar-refractivity contribution in [3.8, 4) is 0 Å². The minimum atomic E-state index is -0.165. The number of nitrogens with zero attached hydrogens (tertiary/aromatic N) is 2. The third-order valence-corrected chi connectivity index (χ3v) is 6.21. The summed E-state index contributed by atoms with van der Waals surface area (Å²) in [5.74, 6) is 0. The van der Waals surface area contributed by atoms with E-state index in [1.807, 2.05) is 18.4 Å². The fourth-order valence-electron chi connectivity index (χ4n) is 4.12. The zero-order valence-electron chi connectivity index (χ0n) is 13.9. The number of likely N-dealkylation sites (tertiary alicyclic amines) is 1. The molecule has 3 atom stereocenters. The van der Waals surface area contributed by atoms with Crippen LogP contribution in [0.2, 0.25) is 0 Å². The van der Waals surface area contributed by atoms with Crippen molar-refractivity contribution in [2.75, 3.05) is 27.7 Å². The third kappa shape index (κ3) is 3.24. The fourth-order valence-corrected chi connectivity index (χ4v) is 5.02. The lowest BCUT2D eigenvalue weighted by molar-refractivity contribution is -0.0878. The summed E-state index contributed by atoms with van der Waals surface area (Å²) in [4.78, 5) is 6.15. The van der Waals surface area contributed by atoms with Gasteiger partial charge in [-0.1, -0.05) is 0 Å². The monoisotopic (exact) mass is 324 g/mol. The second-order valence-corrected chi connectivity index (χ2v) is 8.09. The fraction of sp³-hybridized carbons (Fsp3) is 0.765. The number of hydrogen-bond acceptors (Lipinski definition) is 5. The van der Waals surface area contributed by atoms with Crippen LogP contribution in [0, 0.1) is 0 Å². The van der Waals surface area contributed by atoms with E-state index in [4.69, 9.17) is 4.74 Å². The summed E-state index contributed by atoms with van der Waals surface area (Å²) in [6.07, 6.45) is 3.65. The Morgan fingerprint density at radius 2 is 2.27 bits per heavy atom. The van der Waals surface area contributed by atoms with Gasteiger partial charge in [0.05, 0.1) is 11.7 Å². The van der Waals surface area contributed by atoms with E-state index in [1.165, 1.54) is 10.4 Å². The summed E-state index contributed by atoms with van der Waals surface area (Å²) in [7, 11) is 6.05. The molecule has 124 valence electrons. The lowest BCUT2D eigenvalue weighted by Crippen LogP contribution is -2.51. The Labute approximate surface area is 137 Å². The molecule has 1 aliphatic carbocycles. The molecule has 1 aliphatic heterocycles. The second-order valence-electron chi connectivity index (χ2n) is 7.09. The van der Waals surface area contributed by atoms with Crippen LogP contribution in [0.25, 0.3) is 0 Å². The topological polar surface area (TPSA) is 35.9 Å². The number of fused-ring (bicyclic) bond motifs is 1. The molecular formula is C17H28N2O2S. The highest BCUT2D eigenvalue weighted by Gasteiger charge is 2.50. The first-order chi connectivity index (χ1) is 10.5. The quantitative estimate of drug-likeness (QED) is 0.902. The molecule has 2 heterocycles. The first-order valence-electron chi connectivity index (χ1n) is 8.21. The maximum atomic E-state index is 10.1. The van der Waals surface area contributed by atoms with Crippen LogP contribution < -0.4 is 0 Å². The molecule has 5 heteroatoms. The van der Waals surface area contributed by atoms with E-state index in [0.717, 1.165) is 45.3 Å². The average Bonchev–Trinajstić information content (AvgIpc) is 3.05. The number of hydrogen-bond donors (Lipinski definition) is 1. The molecule has 0 aromatic carbocycles. The van der Waals surface area contributed by atoms with E-state index in [9.17, 15) is 5.11 Å². The number of aliphatic hydroxyl groups excluding tert-OH is 1. The summed E-state index contributed by atoms with van der Waals surface area (Å²) in [6, 6.07) is 2.69. The van der Waals surface area contributed by atoms with Gasteiger partial charge in [0.25, 0.3) is 0 Å². The Morgan fingerprint density at radius 1 is 1.45 bits per heavy atom. The lowest BCUT2D eigenvalue weighted by Gasteiger charge is -2.42.